The molecule has 0 saturated carbocycles. The van der Waals surface area contributed by atoms with Gasteiger partial charge in [-0.2, -0.15) is 0 Å². The zero-order valence-corrected chi connectivity index (χ0v) is 37.3. The minimum absolute atomic E-state index is 0.0480. The third-order valence-electron chi connectivity index (χ3n) is 11.3. The second-order valence-corrected chi connectivity index (χ2v) is 22.2. The Morgan fingerprint density at radius 3 is 2.31 bits per heavy atom. The highest BCUT2D eigenvalue weighted by molar-refractivity contribution is 7.99. The number of thioether (sulfide) groups is 1. The minimum atomic E-state index is -4.22. The van der Waals surface area contributed by atoms with Crippen LogP contribution in [-0.2, 0) is 39.4 Å². The Bertz CT molecular complexity index is 2460. The summed E-state index contributed by atoms with van der Waals surface area (Å²) < 4.78 is 57.6. The molecule has 1 unspecified atom stereocenters. The van der Waals surface area contributed by atoms with Crippen LogP contribution in [0.1, 0.15) is 63.8 Å². The highest BCUT2D eigenvalue weighted by Crippen LogP contribution is 2.35. The van der Waals surface area contributed by atoms with E-state index in [4.69, 9.17) is 11.6 Å². The molecule has 1 atom stereocenters. The van der Waals surface area contributed by atoms with Crippen LogP contribution >= 0.6 is 23.4 Å². The number of anilines is 2. The zero-order chi connectivity index (χ0) is 41.8. The molecule has 312 valence electrons. The first-order valence-corrected chi connectivity index (χ1v) is 24.5. The van der Waals surface area contributed by atoms with Gasteiger partial charge in [0.1, 0.15) is 12.1 Å². The molecule has 59 heavy (non-hydrogen) atoms. The molecule has 3 heterocycles. The average Bonchev–Trinajstić information content (AvgIpc) is 3.23. The van der Waals surface area contributed by atoms with Crippen molar-refractivity contribution in [2.75, 3.05) is 35.4 Å². The molecule has 2 N–H and O–H groups in total. The van der Waals surface area contributed by atoms with Crippen LogP contribution in [0.4, 0.5) is 11.5 Å². The fourth-order valence-electron chi connectivity index (χ4n) is 7.75. The number of fused-ring (bicyclic) bond motifs is 1. The number of sulfone groups is 1. The van der Waals surface area contributed by atoms with Crippen LogP contribution in [-0.4, -0.2) is 78.8 Å². The van der Waals surface area contributed by atoms with Crippen molar-refractivity contribution in [2.24, 2.45) is 0 Å². The van der Waals surface area contributed by atoms with Crippen LogP contribution < -0.4 is 10.0 Å². The summed E-state index contributed by atoms with van der Waals surface area (Å²) >= 11 is 7.84. The molecule has 10 nitrogen and oxygen atoms in total. The lowest BCUT2D eigenvalue weighted by molar-refractivity contribution is 0.0937. The van der Waals surface area contributed by atoms with E-state index in [1.54, 1.807) is 38.6 Å². The molecule has 0 aliphatic carbocycles. The van der Waals surface area contributed by atoms with Gasteiger partial charge in [-0.15, -0.1) is 11.8 Å². The monoisotopic (exact) mass is 872 g/mol. The molecule has 1 aromatic heterocycles. The quantitative estimate of drug-likeness (QED) is 0.104. The first-order valence-electron chi connectivity index (χ1n) is 20.2. The van der Waals surface area contributed by atoms with E-state index in [9.17, 15) is 16.8 Å². The number of rotatable bonds is 14. The van der Waals surface area contributed by atoms with Gasteiger partial charge in [-0.1, -0.05) is 73.1 Å². The molecular weight excluding hydrogens is 820 g/mol. The van der Waals surface area contributed by atoms with Crippen molar-refractivity contribution in [2.45, 2.75) is 98.0 Å². The van der Waals surface area contributed by atoms with Gasteiger partial charge in [0.25, 0.3) is 10.0 Å². The van der Waals surface area contributed by atoms with Gasteiger partial charge in [-0.3, -0.25) is 14.5 Å². The summed E-state index contributed by atoms with van der Waals surface area (Å²) in [6.07, 6.45) is 4.79. The largest absolute Gasteiger partial charge is 0.380 e. The molecule has 1 saturated heterocycles. The summed E-state index contributed by atoms with van der Waals surface area (Å²) in [5.41, 5.74) is 5.64. The summed E-state index contributed by atoms with van der Waals surface area (Å²) in [5.74, 6) is 0.934. The number of sulfonamides is 1. The molecular formula is C45H53ClN6O4S3. The molecule has 2 aliphatic rings. The number of likely N-dealkylation sites (tertiary alicyclic amines) is 1. The average molecular weight is 874 g/mol. The van der Waals surface area contributed by atoms with E-state index in [0.717, 1.165) is 72.2 Å². The zero-order valence-electron chi connectivity index (χ0n) is 34.1. The third kappa shape index (κ3) is 10.1. The maximum Gasteiger partial charge on any atom is 0.263 e. The number of aromatic nitrogens is 2. The summed E-state index contributed by atoms with van der Waals surface area (Å²) in [6, 6.07) is 31.2. The molecule has 0 bridgehead atoms. The maximum atomic E-state index is 14.0. The van der Waals surface area contributed by atoms with Crippen LogP contribution in [0, 0.1) is 0 Å². The molecule has 7 rings (SSSR count). The Morgan fingerprint density at radius 2 is 1.59 bits per heavy atom. The van der Waals surface area contributed by atoms with E-state index in [1.807, 2.05) is 49.4 Å². The van der Waals surface area contributed by atoms with Crippen molar-refractivity contribution in [3.05, 3.63) is 125 Å². The fourth-order valence-corrected chi connectivity index (χ4v) is 11.4. The number of nitrogens with one attached hydrogen (secondary N) is 2. The van der Waals surface area contributed by atoms with Gasteiger partial charge in [-0.25, -0.2) is 26.8 Å². The van der Waals surface area contributed by atoms with Gasteiger partial charge in [0.05, 0.1) is 25.9 Å². The third-order valence-corrected chi connectivity index (χ3v) is 16.6. The molecule has 2 aliphatic heterocycles. The van der Waals surface area contributed by atoms with Crippen molar-refractivity contribution in [1.82, 2.24) is 19.8 Å². The normalized spacial score (nSPS) is 16.4. The minimum Gasteiger partial charge on any atom is -0.380 e. The van der Waals surface area contributed by atoms with E-state index < -0.39 is 24.6 Å². The van der Waals surface area contributed by atoms with Gasteiger partial charge >= 0.3 is 0 Å². The summed E-state index contributed by atoms with van der Waals surface area (Å²) in [6.45, 7) is 11.1. The van der Waals surface area contributed by atoms with E-state index >= 15 is 0 Å². The predicted octanol–water partition coefficient (Wildman–Crippen LogP) is 9.18. The van der Waals surface area contributed by atoms with Crippen LogP contribution in [0.5, 0.6) is 0 Å². The topological polar surface area (TPSA) is 125 Å². The van der Waals surface area contributed by atoms with Gasteiger partial charge in [0, 0.05) is 53.0 Å². The van der Waals surface area contributed by atoms with E-state index in [2.05, 4.69) is 66.2 Å². The van der Waals surface area contributed by atoms with Gasteiger partial charge in [0.2, 0.25) is 0 Å². The van der Waals surface area contributed by atoms with Crippen molar-refractivity contribution in [3.63, 3.8) is 0 Å². The summed E-state index contributed by atoms with van der Waals surface area (Å²) in [5, 5.41) is 4.15. The number of nitrogens with zero attached hydrogens (tertiary/aromatic N) is 4. The standard InChI is InChI=1S/C45H53ClN6O4S3/c1-5-35(30-57-37-12-7-6-8-13-37)49-41-20-19-38(27-43(41)58(53,54)45(2,3)4)59(55,56)50-44-40-23-26-52(29-42(40)47-31-48-44)36-21-24-51(25-22-36)28-33-11-9-10-14-39(33)32-15-17-34(46)18-16-32/h6-20,27,31,35-36,49H,5,21-26,28-30H2,1-4H3,(H,47,48,50). The fraction of sp³-hybridized carbons (Fsp3) is 0.378. The van der Waals surface area contributed by atoms with E-state index in [-0.39, 0.29) is 21.7 Å². The first kappa shape index (κ1) is 43.1. The van der Waals surface area contributed by atoms with Crippen molar-refractivity contribution < 1.29 is 16.8 Å². The summed E-state index contributed by atoms with van der Waals surface area (Å²) in [4.78, 5) is 14.9. The Hall–Kier alpha value is -3.98. The molecule has 0 spiro atoms. The highest BCUT2D eigenvalue weighted by atomic mass is 35.5. The SMILES string of the molecule is CCC(CSc1ccccc1)Nc1ccc(S(=O)(=O)Nc2ncnc3c2CCN(C2CCN(Cc4ccccc4-c4ccc(Cl)cc4)CC2)C3)cc1S(=O)(=O)C(C)(C)C. The predicted molar refractivity (Wildman–Crippen MR) is 240 cm³/mol. The van der Waals surface area contributed by atoms with Gasteiger partial charge in [0.15, 0.2) is 9.84 Å². The lowest BCUT2D eigenvalue weighted by Gasteiger charge is -2.40. The smallest absolute Gasteiger partial charge is 0.263 e. The van der Waals surface area contributed by atoms with Crippen LogP contribution in [0.25, 0.3) is 11.1 Å². The molecule has 14 heteroatoms. The molecule has 0 radical (unpaired) electrons. The molecule has 5 aromatic rings. The number of hydrogen-bond acceptors (Lipinski definition) is 10. The number of benzene rings is 4. The van der Waals surface area contributed by atoms with Gasteiger partial charge in [-0.05, 0) is 119 Å². The summed E-state index contributed by atoms with van der Waals surface area (Å²) in [7, 11) is -8.17. The Balaban J connectivity index is 1.02. The number of halogens is 1. The Labute approximate surface area is 359 Å². The molecule has 1 fully saturated rings. The first-order chi connectivity index (χ1) is 28.2. The van der Waals surface area contributed by atoms with E-state index in [0.29, 0.717) is 30.4 Å². The number of piperidine rings is 1. The molecule has 4 aromatic carbocycles. The second-order valence-electron chi connectivity index (χ2n) is 16.3. The lowest BCUT2D eigenvalue weighted by atomic mass is 9.96. The Morgan fingerprint density at radius 1 is 0.881 bits per heavy atom. The van der Waals surface area contributed by atoms with Crippen LogP contribution in [0.3, 0.4) is 0 Å². The van der Waals surface area contributed by atoms with Crippen molar-refractivity contribution in [1.29, 1.82) is 0 Å². The lowest BCUT2D eigenvalue weighted by Crippen LogP contribution is -2.46. The Kier molecular flexibility index (Phi) is 13.4. The second kappa shape index (κ2) is 18.3. The van der Waals surface area contributed by atoms with Crippen LogP contribution in [0.15, 0.2) is 118 Å². The molecule has 0 amide bonds. The highest BCUT2D eigenvalue weighted by Gasteiger charge is 2.35. The van der Waals surface area contributed by atoms with Crippen LogP contribution in [0.2, 0.25) is 5.02 Å². The van der Waals surface area contributed by atoms with Crippen molar-refractivity contribution >= 4 is 54.7 Å². The van der Waals surface area contributed by atoms with Gasteiger partial charge < -0.3 is 5.32 Å². The van der Waals surface area contributed by atoms with E-state index in [1.165, 1.54) is 29.6 Å². The van der Waals surface area contributed by atoms with Crippen molar-refractivity contribution in [3.8, 4) is 11.1 Å². The maximum absolute atomic E-state index is 14.0. The number of hydrogen-bond donors (Lipinski definition) is 2.